The number of hydrogen-bond donors (Lipinski definition) is 4. The molecule has 1 aromatic heterocycles. The highest BCUT2D eigenvalue weighted by Gasteiger charge is 1.98. The van der Waals surface area contributed by atoms with E-state index in [-0.39, 0.29) is 13.2 Å². The predicted octanol–water partition coefficient (Wildman–Crippen LogP) is -0.540. The average Bonchev–Trinajstić information content (AvgIpc) is 2.30. The van der Waals surface area contributed by atoms with Gasteiger partial charge in [-0.15, -0.1) is 0 Å². The van der Waals surface area contributed by atoms with Crippen molar-refractivity contribution in [3.63, 3.8) is 0 Å². The molecule has 0 saturated carbocycles. The lowest BCUT2D eigenvalue weighted by Crippen LogP contribution is -2.11. The van der Waals surface area contributed by atoms with Gasteiger partial charge in [0.05, 0.1) is 0 Å². The first-order valence-electron chi connectivity index (χ1n) is 5.25. The maximum absolute atomic E-state index is 8.61. The van der Waals surface area contributed by atoms with Crippen molar-refractivity contribution < 1.29 is 10.2 Å². The van der Waals surface area contributed by atoms with Crippen LogP contribution in [0.3, 0.4) is 0 Å². The molecule has 0 aliphatic heterocycles. The van der Waals surface area contributed by atoms with Crippen molar-refractivity contribution in [2.45, 2.75) is 12.8 Å². The number of rotatable bonds is 8. The second kappa shape index (κ2) is 7.77. The summed E-state index contributed by atoms with van der Waals surface area (Å²) in [6.07, 6.45) is 2.72. The summed E-state index contributed by atoms with van der Waals surface area (Å²) in [6, 6.07) is 0. The highest BCUT2D eigenvalue weighted by Crippen LogP contribution is 2.01. The molecule has 0 spiro atoms. The summed E-state index contributed by atoms with van der Waals surface area (Å²) < 4.78 is 0. The van der Waals surface area contributed by atoms with E-state index < -0.39 is 0 Å². The zero-order valence-corrected chi connectivity index (χ0v) is 9.06. The Labute approximate surface area is 94.0 Å². The first-order valence-corrected chi connectivity index (χ1v) is 5.25. The molecular weight excluding hydrogens is 210 g/mol. The Balaban J connectivity index is 2.37. The van der Waals surface area contributed by atoms with Crippen molar-refractivity contribution in [3.05, 3.63) is 6.33 Å². The zero-order valence-electron chi connectivity index (χ0n) is 9.06. The standard InChI is InChI=1S/C9H17N5O2/c15-5-1-3-10-8-12-7-13-9(14-8)11-4-2-6-16/h7,15-16H,1-6H2,(H2,10,11,12,13,14). The van der Waals surface area contributed by atoms with E-state index in [0.29, 0.717) is 37.8 Å². The summed E-state index contributed by atoms with van der Waals surface area (Å²) in [5.74, 6) is 0.963. The van der Waals surface area contributed by atoms with Crippen LogP contribution in [0.1, 0.15) is 12.8 Å². The Morgan fingerprint density at radius 3 is 1.88 bits per heavy atom. The third-order valence-electron chi connectivity index (χ3n) is 1.81. The molecule has 4 N–H and O–H groups in total. The van der Waals surface area contributed by atoms with Gasteiger partial charge in [0, 0.05) is 26.3 Å². The van der Waals surface area contributed by atoms with Crippen LogP contribution in [0.4, 0.5) is 11.9 Å². The molecule has 0 atom stereocenters. The van der Waals surface area contributed by atoms with Crippen LogP contribution in [-0.4, -0.2) is 51.5 Å². The first-order chi connectivity index (χ1) is 7.86. The summed E-state index contributed by atoms with van der Waals surface area (Å²) in [6.45, 7) is 1.52. The van der Waals surface area contributed by atoms with Crippen molar-refractivity contribution in [1.29, 1.82) is 0 Å². The van der Waals surface area contributed by atoms with Crippen LogP contribution in [0, 0.1) is 0 Å². The molecule has 7 heteroatoms. The summed E-state index contributed by atoms with van der Waals surface area (Å²) >= 11 is 0. The molecule has 0 bridgehead atoms. The largest absolute Gasteiger partial charge is 0.396 e. The molecule has 0 aliphatic rings. The lowest BCUT2D eigenvalue weighted by Gasteiger charge is -2.06. The summed E-state index contributed by atoms with van der Waals surface area (Å²) in [5, 5.41) is 23.2. The van der Waals surface area contributed by atoms with E-state index in [4.69, 9.17) is 10.2 Å². The summed E-state index contributed by atoms with van der Waals surface area (Å²) in [7, 11) is 0. The highest BCUT2D eigenvalue weighted by atomic mass is 16.3. The van der Waals surface area contributed by atoms with Gasteiger partial charge in [0.2, 0.25) is 11.9 Å². The van der Waals surface area contributed by atoms with Gasteiger partial charge in [0.15, 0.2) is 0 Å². The quantitative estimate of drug-likeness (QED) is 0.442. The molecule has 0 aromatic carbocycles. The van der Waals surface area contributed by atoms with Crippen molar-refractivity contribution in [3.8, 4) is 0 Å². The van der Waals surface area contributed by atoms with Gasteiger partial charge in [-0.2, -0.15) is 4.98 Å². The number of anilines is 2. The van der Waals surface area contributed by atoms with Gasteiger partial charge in [-0.1, -0.05) is 0 Å². The molecule has 0 fully saturated rings. The fourth-order valence-corrected chi connectivity index (χ4v) is 1.03. The molecule has 0 amide bonds. The van der Waals surface area contributed by atoms with Gasteiger partial charge in [0.1, 0.15) is 6.33 Å². The van der Waals surface area contributed by atoms with E-state index in [1.165, 1.54) is 6.33 Å². The molecule has 0 saturated heterocycles. The van der Waals surface area contributed by atoms with Crippen molar-refractivity contribution in [1.82, 2.24) is 15.0 Å². The maximum Gasteiger partial charge on any atom is 0.227 e. The molecule has 0 unspecified atom stereocenters. The minimum absolute atomic E-state index is 0.139. The van der Waals surface area contributed by atoms with Gasteiger partial charge in [-0.3, -0.25) is 0 Å². The Morgan fingerprint density at radius 2 is 1.44 bits per heavy atom. The number of nitrogens with one attached hydrogen (secondary N) is 2. The van der Waals surface area contributed by atoms with E-state index in [1.807, 2.05) is 0 Å². The SMILES string of the molecule is OCCCNc1ncnc(NCCCO)n1. The number of hydrogen-bond acceptors (Lipinski definition) is 7. The second-order valence-electron chi connectivity index (χ2n) is 3.14. The molecule has 90 valence electrons. The van der Waals surface area contributed by atoms with Crippen LogP contribution < -0.4 is 10.6 Å². The van der Waals surface area contributed by atoms with E-state index in [1.54, 1.807) is 0 Å². The van der Waals surface area contributed by atoms with Crippen LogP contribution >= 0.6 is 0 Å². The van der Waals surface area contributed by atoms with E-state index >= 15 is 0 Å². The lowest BCUT2D eigenvalue weighted by molar-refractivity contribution is 0.292. The minimum Gasteiger partial charge on any atom is -0.396 e. The number of aliphatic hydroxyl groups excluding tert-OH is 2. The Kier molecular flexibility index (Phi) is 6.12. The van der Waals surface area contributed by atoms with E-state index in [2.05, 4.69) is 25.6 Å². The number of aromatic nitrogens is 3. The van der Waals surface area contributed by atoms with Gasteiger partial charge >= 0.3 is 0 Å². The van der Waals surface area contributed by atoms with Crippen LogP contribution in [0.25, 0.3) is 0 Å². The van der Waals surface area contributed by atoms with E-state index in [9.17, 15) is 0 Å². The molecule has 7 nitrogen and oxygen atoms in total. The molecule has 1 heterocycles. The smallest absolute Gasteiger partial charge is 0.227 e. The fraction of sp³-hybridized carbons (Fsp3) is 0.667. The second-order valence-corrected chi connectivity index (χ2v) is 3.14. The topological polar surface area (TPSA) is 103 Å². The molecule has 0 aliphatic carbocycles. The third kappa shape index (κ3) is 4.85. The van der Waals surface area contributed by atoms with Gasteiger partial charge in [0.25, 0.3) is 0 Å². The Hall–Kier alpha value is -1.47. The van der Waals surface area contributed by atoms with Crippen molar-refractivity contribution in [2.24, 2.45) is 0 Å². The first kappa shape index (κ1) is 12.6. The Bertz CT molecular complexity index is 272. The fourth-order valence-electron chi connectivity index (χ4n) is 1.03. The van der Waals surface area contributed by atoms with Crippen LogP contribution in [0.5, 0.6) is 0 Å². The van der Waals surface area contributed by atoms with Crippen LogP contribution in [0.15, 0.2) is 6.33 Å². The zero-order chi connectivity index (χ0) is 11.6. The van der Waals surface area contributed by atoms with Gasteiger partial charge in [-0.25, -0.2) is 9.97 Å². The minimum atomic E-state index is 0.139. The number of nitrogens with zero attached hydrogens (tertiary/aromatic N) is 3. The normalized spacial score (nSPS) is 10.1. The molecular formula is C9H17N5O2. The van der Waals surface area contributed by atoms with Gasteiger partial charge < -0.3 is 20.8 Å². The van der Waals surface area contributed by atoms with E-state index in [0.717, 1.165) is 0 Å². The third-order valence-corrected chi connectivity index (χ3v) is 1.81. The van der Waals surface area contributed by atoms with Gasteiger partial charge in [-0.05, 0) is 12.8 Å². The Morgan fingerprint density at radius 1 is 0.938 bits per heavy atom. The van der Waals surface area contributed by atoms with Crippen molar-refractivity contribution >= 4 is 11.9 Å². The lowest BCUT2D eigenvalue weighted by atomic mass is 10.4. The van der Waals surface area contributed by atoms with Crippen LogP contribution in [-0.2, 0) is 0 Å². The maximum atomic E-state index is 8.61. The predicted molar refractivity (Wildman–Crippen MR) is 60.2 cm³/mol. The van der Waals surface area contributed by atoms with Crippen molar-refractivity contribution in [2.75, 3.05) is 36.9 Å². The van der Waals surface area contributed by atoms with Crippen LogP contribution in [0.2, 0.25) is 0 Å². The summed E-state index contributed by atoms with van der Waals surface area (Å²) in [5.41, 5.74) is 0. The number of aliphatic hydroxyl groups is 2. The highest BCUT2D eigenvalue weighted by molar-refractivity contribution is 5.32. The molecule has 1 rings (SSSR count). The monoisotopic (exact) mass is 227 g/mol. The molecule has 16 heavy (non-hydrogen) atoms. The molecule has 0 radical (unpaired) electrons. The average molecular weight is 227 g/mol. The summed E-state index contributed by atoms with van der Waals surface area (Å²) in [4.78, 5) is 12.0. The molecule has 1 aromatic rings.